The monoisotopic (exact) mass is 365 g/mol. The van der Waals surface area contributed by atoms with Crippen molar-refractivity contribution in [3.05, 3.63) is 4.91 Å². The van der Waals surface area contributed by atoms with Gasteiger partial charge in [0.15, 0.2) is 12.0 Å². The Morgan fingerprint density at radius 1 is 1.28 bits per heavy atom. The molecular weight excluding hydrogens is 338 g/mol. The Bertz CT molecular complexity index is 454. The molecule has 0 spiro atoms. The molecule has 2 amide bonds. The Morgan fingerprint density at radius 2 is 1.92 bits per heavy atom. The SMILES string of the molecule is CCCCN(N=O)C(=O)NC(O)[C@H]1O[C@@](O)(CCC)[C@H](O)[C@@H](O)[C@@H]1O. The van der Waals surface area contributed by atoms with E-state index in [2.05, 4.69) is 5.29 Å². The molecule has 0 aromatic heterocycles. The summed E-state index contributed by atoms with van der Waals surface area (Å²) < 4.78 is 5.17. The van der Waals surface area contributed by atoms with Crippen LogP contribution in [0.2, 0.25) is 0 Å². The van der Waals surface area contributed by atoms with E-state index in [0.29, 0.717) is 24.3 Å². The molecule has 1 aliphatic rings. The molecule has 1 aliphatic heterocycles. The van der Waals surface area contributed by atoms with Crippen molar-refractivity contribution in [1.29, 1.82) is 0 Å². The van der Waals surface area contributed by atoms with Gasteiger partial charge in [0.05, 0.1) is 5.29 Å². The summed E-state index contributed by atoms with van der Waals surface area (Å²) in [6, 6.07) is -1.02. The molecule has 0 aromatic carbocycles. The predicted molar refractivity (Wildman–Crippen MR) is 84.7 cm³/mol. The molecule has 146 valence electrons. The first-order valence-corrected chi connectivity index (χ1v) is 8.25. The van der Waals surface area contributed by atoms with Crippen molar-refractivity contribution < 1.29 is 35.1 Å². The fourth-order valence-electron chi connectivity index (χ4n) is 2.61. The highest BCUT2D eigenvalue weighted by Crippen LogP contribution is 2.32. The summed E-state index contributed by atoms with van der Waals surface area (Å²) in [4.78, 5) is 22.6. The molecule has 1 unspecified atom stereocenters. The number of hydrogen-bond donors (Lipinski definition) is 6. The summed E-state index contributed by atoms with van der Waals surface area (Å²) in [6.07, 6.45) is -7.34. The van der Waals surface area contributed by atoms with Gasteiger partial charge in [-0.05, 0) is 6.42 Å². The highest BCUT2D eigenvalue weighted by atomic mass is 16.7. The van der Waals surface area contributed by atoms with Crippen LogP contribution in [0.5, 0.6) is 0 Å². The van der Waals surface area contributed by atoms with Crippen molar-refractivity contribution in [2.75, 3.05) is 6.54 Å². The van der Waals surface area contributed by atoms with Gasteiger partial charge in [0.1, 0.15) is 24.4 Å². The zero-order chi connectivity index (χ0) is 19.2. The minimum absolute atomic E-state index is 0.0355. The molecule has 11 nitrogen and oxygen atoms in total. The molecule has 1 rings (SSSR count). The Kier molecular flexibility index (Phi) is 8.12. The van der Waals surface area contributed by atoms with E-state index >= 15 is 0 Å². The summed E-state index contributed by atoms with van der Waals surface area (Å²) in [5.41, 5.74) is 0. The molecule has 6 atom stereocenters. The normalized spacial score (nSPS) is 33.6. The van der Waals surface area contributed by atoms with Gasteiger partial charge in [-0.1, -0.05) is 26.7 Å². The minimum atomic E-state index is -2.20. The first kappa shape index (κ1) is 21.7. The number of hydrogen-bond acceptors (Lipinski definition) is 9. The van der Waals surface area contributed by atoms with Crippen LogP contribution in [-0.2, 0) is 4.74 Å². The Hall–Kier alpha value is -1.37. The topological polar surface area (TPSA) is 172 Å². The van der Waals surface area contributed by atoms with Gasteiger partial charge in [-0.3, -0.25) is 0 Å². The number of urea groups is 1. The first-order chi connectivity index (χ1) is 11.7. The van der Waals surface area contributed by atoms with Gasteiger partial charge in [0.2, 0.25) is 0 Å². The number of rotatable bonds is 8. The van der Waals surface area contributed by atoms with Crippen LogP contribution in [0.1, 0.15) is 39.5 Å². The van der Waals surface area contributed by atoms with Crippen molar-refractivity contribution in [3.63, 3.8) is 0 Å². The molecule has 1 fully saturated rings. The van der Waals surface area contributed by atoms with Crippen LogP contribution < -0.4 is 5.32 Å². The number of aliphatic hydroxyl groups excluding tert-OH is 4. The maximum atomic E-state index is 11.9. The summed E-state index contributed by atoms with van der Waals surface area (Å²) in [5, 5.41) is 55.3. The molecule has 0 aliphatic carbocycles. The molecule has 1 saturated heterocycles. The van der Waals surface area contributed by atoms with Gasteiger partial charge in [-0.25, -0.2) is 4.79 Å². The lowest BCUT2D eigenvalue weighted by molar-refractivity contribution is -0.359. The number of ether oxygens (including phenoxy) is 1. The predicted octanol–water partition coefficient (Wildman–Crippen LogP) is -1.23. The Labute approximate surface area is 145 Å². The largest absolute Gasteiger partial charge is 0.387 e. The van der Waals surface area contributed by atoms with E-state index in [0.717, 1.165) is 0 Å². The molecule has 0 bridgehead atoms. The van der Waals surface area contributed by atoms with Crippen LogP contribution in [0.4, 0.5) is 4.79 Å². The van der Waals surface area contributed by atoms with Gasteiger partial charge in [0, 0.05) is 13.0 Å². The first-order valence-electron chi connectivity index (χ1n) is 8.25. The smallest absolute Gasteiger partial charge is 0.342 e. The lowest BCUT2D eigenvalue weighted by Crippen LogP contribution is -2.68. The zero-order valence-electron chi connectivity index (χ0n) is 14.3. The second-order valence-electron chi connectivity index (χ2n) is 6.06. The Balaban J connectivity index is 2.82. The third-order valence-corrected chi connectivity index (χ3v) is 4.06. The molecular formula is C14H27N3O8. The lowest BCUT2D eigenvalue weighted by Gasteiger charge is -2.47. The molecule has 0 saturated carbocycles. The van der Waals surface area contributed by atoms with Gasteiger partial charge in [-0.15, -0.1) is 4.91 Å². The second-order valence-corrected chi connectivity index (χ2v) is 6.06. The van der Waals surface area contributed by atoms with Crippen molar-refractivity contribution in [3.8, 4) is 0 Å². The van der Waals surface area contributed by atoms with Crippen molar-refractivity contribution in [1.82, 2.24) is 10.3 Å². The molecule has 6 N–H and O–H groups in total. The van der Waals surface area contributed by atoms with E-state index < -0.39 is 42.5 Å². The van der Waals surface area contributed by atoms with Crippen molar-refractivity contribution in [2.24, 2.45) is 5.29 Å². The third kappa shape index (κ3) is 5.06. The quantitative estimate of drug-likeness (QED) is 0.176. The number of nitroso groups, excluding NO2 is 1. The third-order valence-electron chi connectivity index (χ3n) is 4.06. The highest BCUT2D eigenvalue weighted by molar-refractivity contribution is 5.73. The van der Waals surface area contributed by atoms with Gasteiger partial charge in [0.25, 0.3) is 0 Å². The maximum absolute atomic E-state index is 11.9. The summed E-state index contributed by atoms with van der Waals surface area (Å²) >= 11 is 0. The van der Waals surface area contributed by atoms with E-state index in [1.165, 1.54) is 0 Å². The van der Waals surface area contributed by atoms with Crippen LogP contribution in [0.3, 0.4) is 0 Å². The van der Waals surface area contributed by atoms with Crippen LogP contribution in [0, 0.1) is 4.91 Å². The summed E-state index contributed by atoms with van der Waals surface area (Å²) in [6.45, 7) is 3.58. The number of nitrogens with zero attached hydrogens (tertiary/aromatic N) is 2. The van der Waals surface area contributed by atoms with E-state index in [-0.39, 0.29) is 13.0 Å². The van der Waals surface area contributed by atoms with Gasteiger partial charge in [-0.2, -0.15) is 5.01 Å². The Morgan fingerprint density at radius 3 is 2.44 bits per heavy atom. The minimum Gasteiger partial charge on any atom is -0.387 e. The molecule has 11 heteroatoms. The van der Waals surface area contributed by atoms with Crippen molar-refractivity contribution >= 4 is 6.03 Å². The van der Waals surface area contributed by atoms with Crippen LogP contribution in [-0.4, -0.2) is 79.5 Å². The second kappa shape index (κ2) is 9.36. The number of carbonyl (C=O) groups is 1. The summed E-state index contributed by atoms with van der Waals surface area (Å²) in [7, 11) is 0. The molecule has 1 heterocycles. The number of amides is 2. The van der Waals surface area contributed by atoms with E-state index in [1.807, 2.05) is 12.2 Å². The fraction of sp³-hybridized carbons (Fsp3) is 0.929. The van der Waals surface area contributed by atoms with E-state index in [4.69, 9.17) is 4.74 Å². The number of carbonyl (C=O) groups excluding carboxylic acids is 1. The van der Waals surface area contributed by atoms with Crippen LogP contribution in [0.15, 0.2) is 5.29 Å². The number of aliphatic hydroxyl groups is 5. The fourth-order valence-corrected chi connectivity index (χ4v) is 2.61. The average molecular weight is 365 g/mol. The van der Waals surface area contributed by atoms with E-state index in [1.54, 1.807) is 6.92 Å². The number of unbranched alkanes of at least 4 members (excludes halogenated alkanes) is 1. The van der Waals surface area contributed by atoms with Crippen molar-refractivity contribution in [2.45, 2.75) is 76.0 Å². The van der Waals surface area contributed by atoms with Gasteiger partial charge < -0.3 is 35.6 Å². The molecule has 0 aromatic rings. The van der Waals surface area contributed by atoms with Crippen LogP contribution >= 0.6 is 0 Å². The molecule has 25 heavy (non-hydrogen) atoms. The lowest BCUT2D eigenvalue weighted by atomic mass is 9.89. The number of nitrogens with one attached hydrogen (secondary N) is 1. The maximum Gasteiger partial charge on any atom is 0.342 e. The standard InChI is InChI=1S/C14H27N3O8/c1-3-5-7-17(16-24)13(22)15-12(21)10-8(18)9(19)11(20)14(23,25-10)6-4-2/h8-12,18-21,23H,3-7H2,1-2H3,(H,15,22)/t8-,9-,10-,11+,12?,14-/m0/s1. The van der Waals surface area contributed by atoms with Crippen LogP contribution in [0.25, 0.3) is 0 Å². The average Bonchev–Trinajstić information content (AvgIpc) is 2.57. The summed E-state index contributed by atoms with van der Waals surface area (Å²) in [5.74, 6) is -2.20. The molecule has 0 radical (unpaired) electrons. The van der Waals surface area contributed by atoms with Gasteiger partial charge >= 0.3 is 6.03 Å². The van der Waals surface area contributed by atoms with E-state index in [9.17, 15) is 35.2 Å². The zero-order valence-corrected chi connectivity index (χ0v) is 14.3. The highest BCUT2D eigenvalue weighted by Gasteiger charge is 2.54.